The average Bonchev–Trinajstić information content (AvgIpc) is 3.18. The van der Waals surface area contributed by atoms with Crippen molar-refractivity contribution in [1.82, 2.24) is 9.88 Å². The van der Waals surface area contributed by atoms with Crippen molar-refractivity contribution in [2.45, 2.75) is 39.0 Å². The number of benzene rings is 2. The minimum Gasteiger partial charge on any atom is -0.446 e. The van der Waals surface area contributed by atoms with Crippen LogP contribution < -0.4 is 0 Å². The molecule has 0 amide bonds. The summed E-state index contributed by atoms with van der Waals surface area (Å²) in [5.41, 5.74) is 3.81. The van der Waals surface area contributed by atoms with E-state index < -0.39 is 0 Å². The van der Waals surface area contributed by atoms with Gasteiger partial charge in [0.1, 0.15) is 23.2 Å². The number of halogens is 2. The molecule has 7 heteroatoms. The molecule has 186 valence electrons. The second-order valence-corrected chi connectivity index (χ2v) is 8.98. The Hall–Kier alpha value is -3.87. The third-order valence-corrected chi connectivity index (χ3v) is 6.11. The van der Waals surface area contributed by atoms with Crippen LogP contribution in [0.3, 0.4) is 0 Å². The summed E-state index contributed by atoms with van der Waals surface area (Å²) in [7, 11) is 1.76. The number of oxazole rings is 1. The molecule has 1 aliphatic rings. The minimum atomic E-state index is -0.367. The van der Waals surface area contributed by atoms with Crippen molar-refractivity contribution in [1.29, 1.82) is 0 Å². The van der Waals surface area contributed by atoms with E-state index in [2.05, 4.69) is 16.6 Å². The standard InChI is InChI=1S/C29H29F2N3O2/c1-19(22-8-12-24(30)13-9-22)32-29(23-10-14-25(31)15-11-23)34(3)18-26(35)17-21-5-4-6-27-28(16-7-21)36-20(2)33-27/h8-15,17H,1,4-7,16,18H2,2-3H3. The van der Waals surface area contributed by atoms with E-state index in [1.54, 1.807) is 42.3 Å². The van der Waals surface area contributed by atoms with E-state index in [9.17, 15) is 13.6 Å². The van der Waals surface area contributed by atoms with E-state index in [1.807, 2.05) is 6.92 Å². The average molecular weight is 490 g/mol. The zero-order chi connectivity index (χ0) is 25.7. The summed E-state index contributed by atoms with van der Waals surface area (Å²) < 4.78 is 32.6. The summed E-state index contributed by atoms with van der Waals surface area (Å²) in [6, 6.07) is 11.8. The zero-order valence-electron chi connectivity index (χ0n) is 20.6. The SMILES string of the molecule is C=C(N=C(c1ccc(F)cc1)N(C)CC(=O)C=C1CCCc2nc(C)oc2CC1)c1ccc(F)cc1. The Bertz CT molecular complexity index is 1310. The quantitative estimate of drug-likeness (QED) is 0.239. The number of carbonyl (C=O) groups excluding carboxylic acids is 1. The second-order valence-electron chi connectivity index (χ2n) is 8.98. The fourth-order valence-electron chi connectivity index (χ4n) is 4.32. The highest BCUT2D eigenvalue weighted by molar-refractivity contribution is 6.04. The van der Waals surface area contributed by atoms with Gasteiger partial charge in [-0.25, -0.2) is 18.8 Å². The highest BCUT2D eigenvalue weighted by atomic mass is 19.1. The van der Waals surface area contributed by atoms with Gasteiger partial charge in [-0.1, -0.05) is 12.2 Å². The largest absolute Gasteiger partial charge is 0.446 e. The molecule has 0 saturated carbocycles. The number of carbonyl (C=O) groups is 1. The van der Waals surface area contributed by atoms with Crippen LogP contribution in [0.15, 0.2) is 76.2 Å². The molecular formula is C29H29F2N3O2. The highest BCUT2D eigenvalue weighted by Crippen LogP contribution is 2.24. The molecule has 3 aromatic rings. The number of nitrogens with zero attached hydrogens (tertiary/aromatic N) is 3. The third kappa shape index (κ3) is 6.42. The van der Waals surface area contributed by atoms with E-state index >= 15 is 0 Å². The summed E-state index contributed by atoms with van der Waals surface area (Å²) in [6.45, 7) is 5.95. The molecule has 0 fully saturated rings. The Kier molecular flexibility index (Phi) is 7.88. The van der Waals surface area contributed by atoms with Gasteiger partial charge in [0.2, 0.25) is 0 Å². The molecule has 1 heterocycles. The summed E-state index contributed by atoms with van der Waals surface area (Å²) >= 11 is 0. The smallest absolute Gasteiger partial charge is 0.191 e. The lowest BCUT2D eigenvalue weighted by molar-refractivity contribution is -0.114. The second kappa shape index (κ2) is 11.2. The summed E-state index contributed by atoms with van der Waals surface area (Å²) in [5, 5.41) is 0. The third-order valence-electron chi connectivity index (χ3n) is 6.11. The first kappa shape index (κ1) is 25.2. The predicted octanol–water partition coefficient (Wildman–Crippen LogP) is 6.08. The lowest BCUT2D eigenvalue weighted by Crippen LogP contribution is -2.32. The van der Waals surface area contributed by atoms with Crippen molar-refractivity contribution < 1.29 is 18.0 Å². The maximum absolute atomic E-state index is 13.6. The maximum atomic E-state index is 13.6. The number of rotatable bonds is 6. The molecule has 0 aliphatic heterocycles. The van der Waals surface area contributed by atoms with Crippen molar-refractivity contribution in [2.24, 2.45) is 4.99 Å². The van der Waals surface area contributed by atoms with E-state index in [-0.39, 0.29) is 24.0 Å². The van der Waals surface area contributed by atoms with Crippen LogP contribution in [0.5, 0.6) is 0 Å². The topological polar surface area (TPSA) is 58.7 Å². The normalized spacial score (nSPS) is 15.2. The first-order chi connectivity index (χ1) is 17.3. The number of hydrogen-bond donors (Lipinski definition) is 0. The molecule has 2 aromatic carbocycles. The molecule has 1 aliphatic carbocycles. The van der Waals surface area contributed by atoms with Crippen molar-refractivity contribution in [3.05, 3.63) is 107 Å². The predicted molar refractivity (Wildman–Crippen MR) is 137 cm³/mol. The number of aryl methyl sites for hydroxylation is 3. The van der Waals surface area contributed by atoms with Gasteiger partial charge in [-0.05, 0) is 85.9 Å². The Morgan fingerprint density at radius 2 is 1.67 bits per heavy atom. The van der Waals surface area contributed by atoms with Crippen molar-refractivity contribution in [3.63, 3.8) is 0 Å². The lowest BCUT2D eigenvalue weighted by Gasteiger charge is -2.21. The Balaban J connectivity index is 1.52. The Labute approximate surface area is 209 Å². The van der Waals surface area contributed by atoms with Crippen LogP contribution in [0.2, 0.25) is 0 Å². The van der Waals surface area contributed by atoms with Gasteiger partial charge < -0.3 is 9.32 Å². The van der Waals surface area contributed by atoms with Crippen LogP contribution in [-0.4, -0.2) is 35.1 Å². The van der Waals surface area contributed by atoms with E-state index in [0.717, 1.165) is 49.1 Å². The van der Waals surface area contributed by atoms with Crippen LogP contribution in [-0.2, 0) is 17.6 Å². The number of aliphatic imine (C=N–C) groups is 1. The summed E-state index contributed by atoms with van der Waals surface area (Å²) in [6.07, 6.45) is 5.78. The van der Waals surface area contributed by atoms with Crippen molar-refractivity contribution in [2.75, 3.05) is 13.6 Å². The fourth-order valence-corrected chi connectivity index (χ4v) is 4.32. The van der Waals surface area contributed by atoms with Gasteiger partial charge in [0, 0.05) is 26.0 Å². The van der Waals surface area contributed by atoms with Gasteiger partial charge in [0.25, 0.3) is 0 Å². The van der Waals surface area contributed by atoms with Crippen LogP contribution in [0.4, 0.5) is 8.78 Å². The molecule has 0 spiro atoms. The summed E-state index contributed by atoms with van der Waals surface area (Å²) in [5.74, 6) is 1.29. The number of fused-ring (bicyclic) bond motifs is 1. The zero-order valence-corrected chi connectivity index (χ0v) is 20.6. The molecule has 4 rings (SSSR count). The number of allylic oxidation sites excluding steroid dienone is 1. The van der Waals surface area contributed by atoms with Crippen LogP contribution in [0, 0.1) is 18.6 Å². The number of amidine groups is 1. The molecule has 36 heavy (non-hydrogen) atoms. The molecule has 5 nitrogen and oxygen atoms in total. The van der Waals surface area contributed by atoms with Gasteiger partial charge in [-0.3, -0.25) is 4.79 Å². The summed E-state index contributed by atoms with van der Waals surface area (Å²) in [4.78, 5) is 23.8. The van der Waals surface area contributed by atoms with E-state index in [1.165, 1.54) is 24.3 Å². The number of hydrogen-bond acceptors (Lipinski definition) is 4. The number of aromatic nitrogens is 1. The van der Waals surface area contributed by atoms with Crippen LogP contribution in [0.1, 0.15) is 47.7 Å². The molecule has 0 atom stereocenters. The van der Waals surface area contributed by atoms with Crippen LogP contribution in [0.25, 0.3) is 5.70 Å². The molecule has 0 bridgehead atoms. The molecular weight excluding hydrogens is 460 g/mol. The molecule has 0 radical (unpaired) electrons. The fraction of sp³-hybridized carbons (Fsp3) is 0.276. The first-order valence-corrected chi connectivity index (χ1v) is 12.0. The number of likely N-dealkylation sites (N-methyl/N-ethyl adjacent to an activating group) is 1. The van der Waals surface area contributed by atoms with E-state index in [4.69, 9.17) is 4.42 Å². The van der Waals surface area contributed by atoms with Crippen molar-refractivity contribution >= 4 is 17.3 Å². The van der Waals surface area contributed by atoms with Gasteiger partial charge in [0.05, 0.1) is 17.9 Å². The highest BCUT2D eigenvalue weighted by Gasteiger charge is 2.18. The Morgan fingerprint density at radius 3 is 2.33 bits per heavy atom. The van der Waals surface area contributed by atoms with Crippen LogP contribution >= 0.6 is 0 Å². The van der Waals surface area contributed by atoms with E-state index in [0.29, 0.717) is 28.6 Å². The van der Waals surface area contributed by atoms with Gasteiger partial charge in [-0.2, -0.15) is 0 Å². The Morgan fingerprint density at radius 1 is 1.03 bits per heavy atom. The minimum absolute atomic E-state index is 0.0516. The molecule has 0 unspecified atom stereocenters. The molecule has 0 N–H and O–H groups in total. The van der Waals surface area contributed by atoms with Gasteiger partial charge in [-0.15, -0.1) is 0 Å². The maximum Gasteiger partial charge on any atom is 0.191 e. The number of ketones is 1. The monoisotopic (exact) mass is 489 g/mol. The van der Waals surface area contributed by atoms with Gasteiger partial charge in [0.15, 0.2) is 11.7 Å². The molecule has 1 aromatic heterocycles. The molecule has 0 saturated heterocycles. The lowest BCUT2D eigenvalue weighted by atomic mass is 9.96. The van der Waals surface area contributed by atoms with Gasteiger partial charge >= 0.3 is 0 Å². The van der Waals surface area contributed by atoms with Crippen molar-refractivity contribution in [3.8, 4) is 0 Å². The first-order valence-electron chi connectivity index (χ1n) is 12.0.